The lowest BCUT2D eigenvalue weighted by Crippen LogP contribution is -2.42. The van der Waals surface area contributed by atoms with Crippen LogP contribution in [0.2, 0.25) is 0 Å². The molecular formula is C18H26F2N4O2. The molecular weight excluding hydrogens is 342 g/mol. The Kier molecular flexibility index (Phi) is 7.77. The zero-order valence-electron chi connectivity index (χ0n) is 15.2. The second-order valence-corrected chi connectivity index (χ2v) is 6.38. The molecule has 1 amide bonds. The number of ether oxygens (including phenoxy) is 1. The second-order valence-electron chi connectivity index (χ2n) is 6.38. The lowest BCUT2D eigenvalue weighted by Gasteiger charge is -2.16. The smallest absolute Gasteiger partial charge is 0.243 e. The highest BCUT2D eigenvalue weighted by atomic mass is 19.1. The molecule has 1 unspecified atom stereocenters. The standard InChI is InChI=1S/C18H26F2N4O2/c1-24(2)17(25)12-23-18(22-11-15-4-3-9-26-15)21-8-7-13-10-14(19)5-6-16(13)20/h5-6,10,15H,3-4,7-9,11-12H2,1-2H3,(H2,21,22,23). The summed E-state index contributed by atoms with van der Waals surface area (Å²) in [6.07, 6.45) is 2.42. The quantitative estimate of drug-likeness (QED) is 0.563. The van der Waals surface area contributed by atoms with Crippen LogP contribution in [0.3, 0.4) is 0 Å². The van der Waals surface area contributed by atoms with Gasteiger partial charge < -0.3 is 20.3 Å². The van der Waals surface area contributed by atoms with Crippen molar-refractivity contribution in [1.82, 2.24) is 15.5 Å². The lowest BCUT2D eigenvalue weighted by atomic mass is 10.1. The van der Waals surface area contributed by atoms with Crippen LogP contribution < -0.4 is 10.6 Å². The third kappa shape index (κ3) is 6.59. The van der Waals surface area contributed by atoms with Gasteiger partial charge in [-0.05, 0) is 43.0 Å². The van der Waals surface area contributed by atoms with Crippen molar-refractivity contribution in [3.05, 3.63) is 35.4 Å². The fourth-order valence-corrected chi connectivity index (χ4v) is 2.53. The maximum absolute atomic E-state index is 13.7. The Hall–Kier alpha value is -2.22. The fourth-order valence-electron chi connectivity index (χ4n) is 2.53. The molecule has 1 aliphatic rings. The Labute approximate surface area is 152 Å². The van der Waals surface area contributed by atoms with Gasteiger partial charge in [0.05, 0.1) is 6.10 Å². The number of halogens is 2. The third-order valence-electron chi connectivity index (χ3n) is 4.09. The van der Waals surface area contributed by atoms with Gasteiger partial charge in [0.25, 0.3) is 0 Å². The Bertz CT molecular complexity index is 632. The number of carbonyl (C=O) groups excluding carboxylic acids is 1. The van der Waals surface area contributed by atoms with E-state index in [0.717, 1.165) is 31.6 Å². The Morgan fingerprint density at radius 1 is 1.35 bits per heavy atom. The number of nitrogens with zero attached hydrogens (tertiary/aromatic N) is 2. The third-order valence-corrected chi connectivity index (χ3v) is 4.09. The highest BCUT2D eigenvalue weighted by Gasteiger charge is 2.16. The van der Waals surface area contributed by atoms with E-state index in [9.17, 15) is 13.6 Å². The maximum Gasteiger partial charge on any atom is 0.243 e. The number of nitrogens with one attached hydrogen (secondary N) is 2. The van der Waals surface area contributed by atoms with E-state index < -0.39 is 11.6 Å². The Morgan fingerprint density at radius 3 is 2.85 bits per heavy atom. The first kappa shape index (κ1) is 20.1. The summed E-state index contributed by atoms with van der Waals surface area (Å²) < 4.78 is 32.5. The summed E-state index contributed by atoms with van der Waals surface area (Å²) in [5.41, 5.74) is 0.292. The molecule has 2 N–H and O–H groups in total. The first-order valence-corrected chi connectivity index (χ1v) is 8.73. The van der Waals surface area contributed by atoms with Crippen molar-refractivity contribution >= 4 is 11.9 Å². The van der Waals surface area contributed by atoms with Crippen LogP contribution in [0.5, 0.6) is 0 Å². The second kappa shape index (κ2) is 10.1. The first-order valence-electron chi connectivity index (χ1n) is 8.73. The van der Waals surface area contributed by atoms with Crippen molar-refractivity contribution in [3.63, 3.8) is 0 Å². The van der Waals surface area contributed by atoms with E-state index in [-0.39, 0.29) is 18.6 Å². The zero-order chi connectivity index (χ0) is 18.9. The summed E-state index contributed by atoms with van der Waals surface area (Å²) in [5, 5.41) is 6.20. The van der Waals surface area contributed by atoms with Gasteiger partial charge in [-0.3, -0.25) is 4.79 Å². The minimum atomic E-state index is -0.469. The van der Waals surface area contributed by atoms with E-state index in [4.69, 9.17) is 4.74 Å². The molecule has 1 atom stereocenters. The van der Waals surface area contributed by atoms with Crippen LogP contribution in [0, 0.1) is 11.6 Å². The molecule has 1 fully saturated rings. The van der Waals surface area contributed by atoms with Gasteiger partial charge in [0.2, 0.25) is 5.91 Å². The van der Waals surface area contributed by atoms with Crippen LogP contribution in [0.15, 0.2) is 23.2 Å². The molecule has 1 heterocycles. The van der Waals surface area contributed by atoms with Crippen molar-refractivity contribution in [2.24, 2.45) is 4.99 Å². The number of benzene rings is 1. The summed E-state index contributed by atoms with van der Waals surface area (Å²) in [4.78, 5) is 17.5. The normalized spacial score (nSPS) is 17.2. The molecule has 1 aliphatic heterocycles. The molecule has 2 rings (SSSR count). The molecule has 0 spiro atoms. The molecule has 26 heavy (non-hydrogen) atoms. The highest BCUT2D eigenvalue weighted by Crippen LogP contribution is 2.11. The van der Waals surface area contributed by atoms with Gasteiger partial charge in [0.15, 0.2) is 5.96 Å². The number of amides is 1. The average Bonchev–Trinajstić information content (AvgIpc) is 3.12. The molecule has 1 saturated heterocycles. The number of hydrogen-bond donors (Lipinski definition) is 2. The van der Waals surface area contributed by atoms with E-state index in [1.54, 1.807) is 14.1 Å². The SMILES string of the molecule is CN(C)C(=O)CN=C(NCCc1cc(F)ccc1F)NCC1CCCO1. The number of hydrogen-bond acceptors (Lipinski definition) is 3. The molecule has 8 heteroatoms. The number of rotatable bonds is 7. The lowest BCUT2D eigenvalue weighted by molar-refractivity contribution is -0.127. The summed E-state index contributed by atoms with van der Waals surface area (Å²) in [6.45, 7) is 1.69. The van der Waals surface area contributed by atoms with Crippen LogP contribution in [0.4, 0.5) is 8.78 Å². The largest absolute Gasteiger partial charge is 0.376 e. The average molecular weight is 368 g/mol. The molecule has 0 radical (unpaired) electrons. The molecule has 0 aromatic heterocycles. The highest BCUT2D eigenvalue weighted by molar-refractivity contribution is 5.84. The van der Waals surface area contributed by atoms with E-state index in [2.05, 4.69) is 15.6 Å². The Morgan fingerprint density at radius 2 is 2.15 bits per heavy atom. The van der Waals surface area contributed by atoms with E-state index in [1.165, 1.54) is 11.0 Å². The van der Waals surface area contributed by atoms with Crippen molar-refractivity contribution in [2.75, 3.05) is 40.3 Å². The van der Waals surface area contributed by atoms with Gasteiger partial charge in [-0.25, -0.2) is 13.8 Å². The van der Waals surface area contributed by atoms with Gasteiger partial charge in [-0.1, -0.05) is 0 Å². The zero-order valence-corrected chi connectivity index (χ0v) is 15.2. The van der Waals surface area contributed by atoms with Crippen LogP contribution in [-0.2, 0) is 16.0 Å². The van der Waals surface area contributed by atoms with Gasteiger partial charge in [-0.2, -0.15) is 0 Å². The molecule has 6 nitrogen and oxygen atoms in total. The molecule has 1 aromatic rings. The summed E-state index contributed by atoms with van der Waals surface area (Å²) in [7, 11) is 3.33. The van der Waals surface area contributed by atoms with Crippen molar-refractivity contribution < 1.29 is 18.3 Å². The predicted octanol–water partition coefficient (Wildman–Crippen LogP) is 1.31. The minimum absolute atomic E-state index is 0.00217. The predicted molar refractivity (Wildman–Crippen MR) is 96.0 cm³/mol. The van der Waals surface area contributed by atoms with Gasteiger partial charge in [0, 0.05) is 33.8 Å². The van der Waals surface area contributed by atoms with Crippen LogP contribution in [-0.4, -0.2) is 63.2 Å². The van der Waals surface area contributed by atoms with Gasteiger partial charge >= 0.3 is 0 Å². The molecule has 1 aromatic carbocycles. The number of likely N-dealkylation sites (N-methyl/N-ethyl adjacent to an activating group) is 1. The number of aliphatic imine (C=N–C) groups is 1. The maximum atomic E-state index is 13.7. The summed E-state index contributed by atoms with van der Waals surface area (Å²) in [5.74, 6) is -0.586. The number of carbonyl (C=O) groups is 1. The summed E-state index contributed by atoms with van der Waals surface area (Å²) in [6, 6.07) is 3.39. The topological polar surface area (TPSA) is 66.0 Å². The number of guanidine groups is 1. The molecule has 0 aliphatic carbocycles. The first-order chi connectivity index (χ1) is 12.5. The minimum Gasteiger partial charge on any atom is -0.376 e. The van der Waals surface area contributed by atoms with Crippen molar-refractivity contribution in [2.45, 2.75) is 25.4 Å². The molecule has 0 bridgehead atoms. The molecule has 144 valence electrons. The van der Waals surface area contributed by atoms with Gasteiger partial charge in [0.1, 0.15) is 18.2 Å². The van der Waals surface area contributed by atoms with Crippen LogP contribution >= 0.6 is 0 Å². The summed E-state index contributed by atoms with van der Waals surface area (Å²) >= 11 is 0. The Balaban J connectivity index is 1.90. The van der Waals surface area contributed by atoms with Crippen LogP contribution in [0.25, 0.3) is 0 Å². The van der Waals surface area contributed by atoms with Crippen molar-refractivity contribution in [1.29, 1.82) is 0 Å². The van der Waals surface area contributed by atoms with Crippen molar-refractivity contribution in [3.8, 4) is 0 Å². The van der Waals surface area contributed by atoms with E-state index >= 15 is 0 Å². The van der Waals surface area contributed by atoms with Gasteiger partial charge in [-0.15, -0.1) is 0 Å². The monoisotopic (exact) mass is 368 g/mol. The molecule has 0 saturated carbocycles. The van der Waals surface area contributed by atoms with Crippen LogP contribution in [0.1, 0.15) is 18.4 Å². The fraction of sp³-hybridized carbons (Fsp3) is 0.556. The van der Waals surface area contributed by atoms with E-state index in [0.29, 0.717) is 31.0 Å². The van der Waals surface area contributed by atoms with E-state index in [1.807, 2.05) is 0 Å².